The second kappa shape index (κ2) is 6.02. The maximum absolute atomic E-state index is 12.3. The normalized spacial score (nSPS) is 14.0. The number of hydrogen-bond donors (Lipinski definition) is 1. The molecule has 1 fully saturated rings. The molecule has 1 aliphatic rings. The predicted octanol–water partition coefficient (Wildman–Crippen LogP) is 2.53. The molecule has 1 saturated heterocycles. The summed E-state index contributed by atoms with van der Waals surface area (Å²) in [6.07, 6.45) is 0.381. The van der Waals surface area contributed by atoms with E-state index in [9.17, 15) is 14.4 Å². The SMILES string of the molecule is N#Cc1ccsc1NC(=O)c1cccc(N2C(=O)CCC2=O)c1. The molecule has 114 valence electrons. The van der Waals surface area contributed by atoms with Crippen LogP contribution in [0.4, 0.5) is 10.7 Å². The number of imide groups is 1. The van der Waals surface area contributed by atoms with Gasteiger partial charge in [0.05, 0.1) is 11.3 Å². The topological polar surface area (TPSA) is 90.3 Å². The minimum Gasteiger partial charge on any atom is -0.312 e. The van der Waals surface area contributed by atoms with Gasteiger partial charge in [-0.3, -0.25) is 19.3 Å². The summed E-state index contributed by atoms with van der Waals surface area (Å²) in [5, 5.41) is 13.8. The summed E-state index contributed by atoms with van der Waals surface area (Å²) in [6.45, 7) is 0. The van der Waals surface area contributed by atoms with E-state index in [1.807, 2.05) is 6.07 Å². The second-order valence-electron chi connectivity index (χ2n) is 4.90. The van der Waals surface area contributed by atoms with Crippen molar-refractivity contribution < 1.29 is 14.4 Å². The van der Waals surface area contributed by atoms with Gasteiger partial charge < -0.3 is 5.32 Å². The van der Waals surface area contributed by atoms with Gasteiger partial charge in [0.25, 0.3) is 5.91 Å². The molecule has 2 heterocycles. The highest BCUT2D eigenvalue weighted by atomic mass is 32.1. The third-order valence-electron chi connectivity index (χ3n) is 3.43. The molecule has 1 aromatic heterocycles. The number of nitriles is 1. The molecule has 0 spiro atoms. The zero-order chi connectivity index (χ0) is 16.4. The smallest absolute Gasteiger partial charge is 0.256 e. The Morgan fingerprint density at radius 3 is 2.65 bits per heavy atom. The average molecular weight is 325 g/mol. The number of carbonyl (C=O) groups excluding carboxylic acids is 3. The van der Waals surface area contributed by atoms with E-state index in [-0.39, 0.29) is 24.7 Å². The van der Waals surface area contributed by atoms with Crippen molar-refractivity contribution in [2.24, 2.45) is 0 Å². The molecule has 3 amide bonds. The molecule has 0 atom stereocenters. The molecule has 7 heteroatoms. The number of thiophene rings is 1. The minimum absolute atomic E-state index is 0.190. The molecule has 1 N–H and O–H groups in total. The summed E-state index contributed by atoms with van der Waals surface area (Å²) in [6, 6.07) is 9.93. The van der Waals surface area contributed by atoms with Crippen LogP contribution in [0.1, 0.15) is 28.8 Å². The van der Waals surface area contributed by atoms with Gasteiger partial charge in [-0.2, -0.15) is 5.26 Å². The van der Waals surface area contributed by atoms with Gasteiger partial charge in [-0.25, -0.2) is 0 Å². The maximum atomic E-state index is 12.3. The van der Waals surface area contributed by atoms with Crippen LogP contribution in [0.5, 0.6) is 0 Å². The highest BCUT2D eigenvalue weighted by Gasteiger charge is 2.30. The molecule has 0 bridgehead atoms. The molecule has 1 aromatic carbocycles. The Labute approximate surface area is 135 Å². The first-order valence-electron chi connectivity index (χ1n) is 6.85. The highest BCUT2D eigenvalue weighted by Crippen LogP contribution is 2.25. The summed E-state index contributed by atoms with van der Waals surface area (Å²) in [7, 11) is 0. The maximum Gasteiger partial charge on any atom is 0.256 e. The monoisotopic (exact) mass is 325 g/mol. The van der Waals surface area contributed by atoms with E-state index in [4.69, 9.17) is 5.26 Å². The standard InChI is InChI=1S/C16H11N3O3S/c17-9-11-6-7-23-16(11)18-15(22)10-2-1-3-12(8-10)19-13(20)4-5-14(19)21/h1-3,6-8H,4-5H2,(H,18,22). The fourth-order valence-electron chi connectivity index (χ4n) is 2.32. The van der Waals surface area contributed by atoms with Crippen molar-refractivity contribution in [2.75, 3.05) is 10.2 Å². The fourth-order valence-corrected chi connectivity index (χ4v) is 3.05. The molecule has 0 radical (unpaired) electrons. The van der Waals surface area contributed by atoms with Gasteiger partial charge in [0, 0.05) is 18.4 Å². The summed E-state index contributed by atoms with van der Waals surface area (Å²) in [5.74, 6) is -0.931. The van der Waals surface area contributed by atoms with Gasteiger partial charge in [-0.05, 0) is 29.6 Å². The Morgan fingerprint density at radius 2 is 1.96 bits per heavy atom. The lowest BCUT2D eigenvalue weighted by molar-refractivity contribution is -0.121. The number of amides is 3. The number of hydrogen-bond acceptors (Lipinski definition) is 5. The number of nitrogens with zero attached hydrogens (tertiary/aromatic N) is 2. The van der Waals surface area contributed by atoms with E-state index in [1.54, 1.807) is 29.6 Å². The number of carbonyl (C=O) groups is 3. The van der Waals surface area contributed by atoms with E-state index in [0.29, 0.717) is 21.8 Å². The zero-order valence-corrected chi connectivity index (χ0v) is 12.7. The van der Waals surface area contributed by atoms with Gasteiger partial charge in [0.1, 0.15) is 11.1 Å². The van der Waals surface area contributed by atoms with E-state index >= 15 is 0 Å². The van der Waals surface area contributed by atoms with Gasteiger partial charge in [-0.15, -0.1) is 11.3 Å². The van der Waals surface area contributed by atoms with E-state index in [2.05, 4.69) is 5.32 Å². The third-order valence-corrected chi connectivity index (χ3v) is 4.26. The Hall–Kier alpha value is -2.98. The lowest BCUT2D eigenvalue weighted by atomic mass is 10.1. The van der Waals surface area contributed by atoms with Gasteiger partial charge in [-0.1, -0.05) is 6.07 Å². The van der Waals surface area contributed by atoms with Crippen LogP contribution in [-0.4, -0.2) is 17.7 Å². The molecule has 2 aromatic rings. The Kier molecular flexibility index (Phi) is 3.91. The summed E-state index contributed by atoms with van der Waals surface area (Å²) in [5.41, 5.74) is 1.09. The largest absolute Gasteiger partial charge is 0.312 e. The van der Waals surface area contributed by atoms with Crippen LogP contribution in [0, 0.1) is 11.3 Å². The van der Waals surface area contributed by atoms with Crippen molar-refractivity contribution in [3.63, 3.8) is 0 Å². The Morgan fingerprint density at radius 1 is 1.22 bits per heavy atom. The molecular weight excluding hydrogens is 314 g/mol. The highest BCUT2D eigenvalue weighted by molar-refractivity contribution is 7.14. The lowest BCUT2D eigenvalue weighted by Gasteiger charge is -2.14. The molecule has 3 rings (SSSR count). The van der Waals surface area contributed by atoms with Crippen LogP contribution >= 0.6 is 11.3 Å². The molecule has 0 unspecified atom stereocenters. The van der Waals surface area contributed by atoms with Gasteiger partial charge >= 0.3 is 0 Å². The van der Waals surface area contributed by atoms with Crippen molar-refractivity contribution in [3.8, 4) is 6.07 Å². The summed E-state index contributed by atoms with van der Waals surface area (Å²) < 4.78 is 0. The number of anilines is 2. The average Bonchev–Trinajstić information content (AvgIpc) is 3.13. The van der Waals surface area contributed by atoms with E-state index in [0.717, 1.165) is 4.90 Å². The molecule has 0 aliphatic carbocycles. The van der Waals surface area contributed by atoms with E-state index in [1.165, 1.54) is 17.4 Å². The quantitative estimate of drug-likeness (QED) is 0.878. The summed E-state index contributed by atoms with van der Waals surface area (Å²) in [4.78, 5) is 37.0. The zero-order valence-electron chi connectivity index (χ0n) is 11.9. The molecular formula is C16H11N3O3S. The first kappa shape index (κ1) is 14.9. The lowest BCUT2D eigenvalue weighted by Crippen LogP contribution is -2.28. The van der Waals surface area contributed by atoms with Crippen LogP contribution < -0.4 is 10.2 Å². The van der Waals surface area contributed by atoms with Gasteiger partial charge in [0.15, 0.2) is 0 Å². The molecule has 23 heavy (non-hydrogen) atoms. The van der Waals surface area contributed by atoms with Crippen LogP contribution in [0.2, 0.25) is 0 Å². The van der Waals surface area contributed by atoms with E-state index < -0.39 is 5.91 Å². The number of benzene rings is 1. The van der Waals surface area contributed by atoms with Crippen molar-refractivity contribution in [3.05, 3.63) is 46.8 Å². The van der Waals surface area contributed by atoms with Crippen LogP contribution in [0.25, 0.3) is 0 Å². The Bertz CT molecular complexity index is 834. The fraction of sp³-hybridized carbons (Fsp3) is 0.125. The van der Waals surface area contributed by atoms with Crippen LogP contribution in [0.15, 0.2) is 35.7 Å². The summed E-state index contributed by atoms with van der Waals surface area (Å²) >= 11 is 1.25. The first-order valence-corrected chi connectivity index (χ1v) is 7.73. The van der Waals surface area contributed by atoms with Crippen molar-refractivity contribution >= 4 is 39.7 Å². The van der Waals surface area contributed by atoms with Crippen molar-refractivity contribution in [1.82, 2.24) is 0 Å². The van der Waals surface area contributed by atoms with Crippen molar-refractivity contribution in [1.29, 1.82) is 5.26 Å². The minimum atomic E-state index is -0.398. The molecule has 0 saturated carbocycles. The Balaban J connectivity index is 1.85. The van der Waals surface area contributed by atoms with Gasteiger partial charge in [0.2, 0.25) is 11.8 Å². The third kappa shape index (κ3) is 2.84. The van der Waals surface area contributed by atoms with Crippen LogP contribution in [-0.2, 0) is 9.59 Å². The van der Waals surface area contributed by atoms with Crippen molar-refractivity contribution in [2.45, 2.75) is 12.8 Å². The van der Waals surface area contributed by atoms with Crippen LogP contribution in [0.3, 0.4) is 0 Å². The predicted molar refractivity (Wildman–Crippen MR) is 85.2 cm³/mol. The first-order chi connectivity index (χ1) is 11.1. The number of rotatable bonds is 3. The number of nitrogens with one attached hydrogen (secondary N) is 1. The molecule has 6 nitrogen and oxygen atoms in total. The second-order valence-corrected chi connectivity index (χ2v) is 5.82. The molecule has 1 aliphatic heterocycles.